The van der Waals surface area contributed by atoms with Gasteiger partial charge in [-0.2, -0.15) is 0 Å². The topological polar surface area (TPSA) is 59.8 Å². The maximum atomic E-state index is 12.7. The fourth-order valence-corrected chi connectivity index (χ4v) is 3.11. The van der Waals surface area contributed by atoms with Gasteiger partial charge in [0.25, 0.3) is 5.91 Å². The molecule has 5 nitrogen and oxygen atoms in total. The summed E-state index contributed by atoms with van der Waals surface area (Å²) in [7, 11) is 0. The lowest BCUT2D eigenvalue weighted by molar-refractivity contribution is 0.0952. The first kappa shape index (κ1) is 16.0. The van der Waals surface area contributed by atoms with Gasteiger partial charge >= 0.3 is 0 Å². The number of nitrogens with one attached hydrogen (secondary N) is 1. The van der Waals surface area contributed by atoms with Gasteiger partial charge in [-0.25, -0.2) is 0 Å². The second-order valence-corrected chi connectivity index (χ2v) is 5.99. The average Bonchev–Trinajstić information content (AvgIpc) is 3.21. The summed E-state index contributed by atoms with van der Waals surface area (Å²) >= 11 is 0. The lowest BCUT2D eigenvalue weighted by atomic mass is 9.94. The van der Waals surface area contributed by atoms with Crippen LogP contribution in [0.3, 0.4) is 0 Å². The molecule has 0 unspecified atom stereocenters. The van der Waals surface area contributed by atoms with E-state index in [1.807, 2.05) is 42.5 Å². The Balaban J connectivity index is 1.63. The first-order valence-corrected chi connectivity index (χ1v) is 8.52. The first-order chi connectivity index (χ1) is 12.8. The van der Waals surface area contributed by atoms with Gasteiger partial charge in [0, 0.05) is 18.3 Å². The number of hydrogen-bond acceptors (Lipinski definition) is 3. The van der Waals surface area contributed by atoms with Gasteiger partial charge in [0.05, 0.1) is 12.7 Å². The smallest absolute Gasteiger partial charge is 0.251 e. The van der Waals surface area contributed by atoms with E-state index >= 15 is 0 Å². The van der Waals surface area contributed by atoms with Gasteiger partial charge in [-0.1, -0.05) is 65.9 Å². The molecule has 0 fully saturated rings. The van der Waals surface area contributed by atoms with E-state index in [0.29, 0.717) is 18.7 Å². The van der Waals surface area contributed by atoms with Crippen molar-refractivity contribution in [3.8, 4) is 11.1 Å². The van der Waals surface area contributed by atoms with Crippen LogP contribution < -0.4 is 5.32 Å². The van der Waals surface area contributed by atoms with Crippen LogP contribution in [0, 0.1) is 0 Å². The molecule has 4 aromatic rings. The summed E-state index contributed by atoms with van der Waals surface area (Å²) in [6, 6.07) is 22.1. The zero-order chi connectivity index (χ0) is 17.8. The third-order valence-corrected chi connectivity index (χ3v) is 4.35. The lowest BCUT2D eigenvalue weighted by Crippen LogP contribution is -2.27. The summed E-state index contributed by atoms with van der Waals surface area (Å²) in [6.45, 7) is 1.08. The number of hydrogen-bond donors (Lipinski definition) is 1. The van der Waals surface area contributed by atoms with E-state index in [1.54, 1.807) is 17.1 Å². The Morgan fingerprint density at radius 2 is 1.69 bits per heavy atom. The molecular weight excluding hydrogens is 324 g/mol. The van der Waals surface area contributed by atoms with Crippen LogP contribution in [-0.4, -0.2) is 27.4 Å². The maximum Gasteiger partial charge on any atom is 0.251 e. The first-order valence-electron chi connectivity index (χ1n) is 8.52. The summed E-state index contributed by atoms with van der Waals surface area (Å²) in [5, 5.41) is 12.9. The zero-order valence-electron chi connectivity index (χ0n) is 14.2. The molecule has 26 heavy (non-hydrogen) atoms. The summed E-state index contributed by atoms with van der Waals surface area (Å²) in [5.41, 5.74) is 2.66. The highest BCUT2D eigenvalue weighted by atomic mass is 16.1. The quantitative estimate of drug-likeness (QED) is 0.603. The number of amides is 1. The van der Waals surface area contributed by atoms with Crippen LogP contribution in [-0.2, 0) is 6.54 Å². The van der Waals surface area contributed by atoms with Crippen molar-refractivity contribution in [2.24, 2.45) is 0 Å². The van der Waals surface area contributed by atoms with Gasteiger partial charge in [0.1, 0.15) is 0 Å². The molecule has 4 rings (SSSR count). The Hall–Kier alpha value is -3.47. The molecule has 1 amide bonds. The minimum atomic E-state index is -0.0892. The molecule has 0 bridgehead atoms. The third-order valence-electron chi connectivity index (χ3n) is 4.35. The van der Waals surface area contributed by atoms with E-state index in [-0.39, 0.29) is 5.91 Å². The minimum Gasteiger partial charge on any atom is -0.350 e. The molecule has 0 aliphatic rings. The Morgan fingerprint density at radius 3 is 2.58 bits per heavy atom. The van der Waals surface area contributed by atoms with Crippen LogP contribution in [0.4, 0.5) is 0 Å². The summed E-state index contributed by atoms with van der Waals surface area (Å²) < 4.78 is 1.69. The molecule has 5 heteroatoms. The number of carbonyl (C=O) groups is 1. The van der Waals surface area contributed by atoms with Gasteiger partial charge < -0.3 is 5.32 Å². The standard InChI is InChI=1S/C21H18N4O/c26-21(22-12-14-25-15-13-23-24-25)20-10-4-3-9-19(20)18-11-5-7-16-6-1-2-8-17(16)18/h1-11,13,15H,12,14H2,(H,22,26). The molecule has 0 aliphatic heterocycles. The van der Waals surface area contributed by atoms with E-state index in [2.05, 4.69) is 39.9 Å². The molecule has 128 valence electrons. The maximum absolute atomic E-state index is 12.7. The summed E-state index contributed by atoms with van der Waals surface area (Å²) in [4.78, 5) is 12.7. The van der Waals surface area contributed by atoms with E-state index in [0.717, 1.165) is 21.9 Å². The van der Waals surface area contributed by atoms with Gasteiger partial charge in [0.2, 0.25) is 0 Å². The predicted octanol–water partition coefficient (Wildman–Crippen LogP) is 3.53. The molecule has 3 aromatic carbocycles. The molecule has 0 saturated carbocycles. The van der Waals surface area contributed by atoms with Crippen molar-refractivity contribution in [2.45, 2.75) is 6.54 Å². The monoisotopic (exact) mass is 342 g/mol. The molecular formula is C21H18N4O. The van der Waals surface area contributed by atoms with E-state index in [9.17, 15) is 4.79 Å². The number of fused-ring (bicyclic) bond motifs is 1. The number of benzene rings is 3. The van der Waals surface area contributed by atoms with Crippen molar-refractivity contribution >= 4 is 16.7 Å². The molecule has 0 radical (unpaired) electrons. The Bertz CT molecular complexity index is 1040. The highest BCUT2D eigenvalue weighted by molar-refractivity contribution is 6.05. The largest absolute Gasteiger partial charge is 0.350 e. The van der Waals surface area contributed by atoms with Crippen LogP contribution >= 0.6 is 0 Å². The molecule has 0 spiro atoms. The summed E-state index contributed by atoms with van der Waals surface area (Å²) in [6.07, 6.45) is 3.40. The van der Waals surface area contributed by atoms with Gasteiger partial charge in [-0.3, -0.25) is 9.48 Å². The third kappa shape index (κ3) is 3.19. The Kier molecular flexibility index (Phi) is 4.43. The molecule has 1 N–H and O–H groups in total. The van der Waals surface area contributed by atoms with Crippen molar-refractivity contribution in [3.05, 3.63) is 84.7 Å². The van der Waals surface area contributed by atoms with Crippen molar-refractivity contribution in [2.75, 3.05) is 6.54 Å². The zero-order valence-corrected chi connectivity index (χ0v) is 14.2. The van der Waals surface area contributed by atoms with Crippen LogP contribution in [0.5, 0.6) is 0 Å². The predicted molar refractivity (Wildman–Crippen MR) is 102 cm³/mol. The van der Waals surface area contributed by atoms with E-state index < -0.39 is 0 Å². The van der Waals surface area contributed by atoms with Crippen LogP contribution in [0.1, 0.15) is 10.4 Å². The molecule has 0 saturated heterocycles. The van der Waals surface area contributed by atoms with Crippen molar-refractivity contribution in [1.29, 1.82) is 0 Å². The van der Waals surface area contributed by atoms with Crippen LogP contribution in [0.25, 0.3) is 21.9 Å². The SMILES string of the molecule is O=C(NCCn1ccnn1)c1ccccc1-c1cccc2ccccc12. The van der Waals surface area contributed by atoms with Crippen LogP contribution in [0.2, 0.25) is 0 Å². The number of aromatic nitrogens is 3. The Morgan fingerprint density at radius 1 is 0.923 bits per heavy atom. The minimum absolute atomic E-state index is 0.0892. The number of rotatable bonds is 5. The van der Waals surface area contributed by atoms with Gasteiger partial charge in [0.15, 0.2) is 0 Å². The fraction of sp³-hybridized carbons (Fsp3) is 0.0952. The van der Waals surface area contributed by atoms with Crippen molar-refractivity contribution in [1.82, 2.24) is 20.3 Å². The summed E-state index contributed by atoms with van der Waals surface area (Å²) in [5.74, 6) is -0.0892. The second-order valence-electron chi connectivity index (χ2n) is 5.99. The lowest BCUT2D eigenvalue weighted by Gasteiger charge is -2.12. The van der Waals surface area contributed by atoms with Gasteiger partial charge in [-0.05, 0) is 28.0 Å². The van der Waals surface area contributed by atoms with Crippen LogP contribution in [0.15, 0.2) is 79.1 Å². The molecule has 0 aliphatic carbocycles. The average molecular weight is 342 g/mol. The van der Waals surface area contributed by atoms with E-state index in [4.69, 9.17) is 0 Å². The molecule has 1 aromatic heterocycles. The molecule has 0 atom stereocenters. The van der Waals surface area contributed by atoms with Gasteiger partial charge in [-0.15, -0.1) is 5.10 Å². The Labute approximate surface area is 151 Å². The van der Waals surface area contributed by atoms with Crippen molar-refractivity contribution < 1.29 is 4.79 Å². The normalized spacial score (nSPS) is 10.8. The van der Waals surface area contributed by atoms with E-state index in [1.165, 1.54) is 0 Å². The second kappa shape index (κ2) is 7.19. The fourth-order valence-electron chi connectivity index (χ4n) is 3.11. The number of nitrogens with zero attached hydrogens (tertiary/aromatic N) is 3. The van der Waals surface area contributed by atoms with Crippen molar-refractivity contribution in [3.63, 3.8) is 0 Å². The molecule has 1 heterocycles. The highest BCUT2D eigenvalue weighted by Gasteiger charge is 2.13. The highest BCUT2D eigenvalue weighted by Crippen LogP contribution is 2.30. The number of carbonyl (C=O) groups excluding carboxylic acids is 1.